The summed E-state index contributed by atoms with van der Waals surface area (Å²) in [5.74, 6) is 0.398. The molecule has 1 aliphatic carbocycles. The minimum Gasteiger partial charge on any atom is -0.392 e. The van der Waals surface area contributed by atoms with Crippen LogP contribution in [0.3, 0.4) is 0 Å². The van der Waals surface area contributed by atoms with Crippen LogP contribution in [0.4, 0.5) is 0 Å². The first kappa shape index (κ1) is 16.0. The van der Waals surface area contributed by atoms with Crippen molar-refractivity contribution in [3.63, 3.8) is 0 Å². The summed E-state index contributed by atoms with van der Waals surface area (Å²) in [5, 5.41) is 20.1. The SMILES string of the molecule is CCCCC[C@H](O)/C=C/[C@@H]1[C@H]2C[C@H](OC)O[C@H]2C[C@H]1O. The zero-order valence-electron chi connectivity index (χ0n) is 12.6. The van der Waals surface area contributed by atoms with Crippen molar-refractivity contribution < 1.29 is 19.7 Å². The Morgan fingerprint density at radius 2 is 2.15 bits per heavy atom. The van der Waals surface area contributed by atoms with Gasteiger partial charge in [0.05, 0.1) is 18.3 Å². The lowest BCUT2D eigenvalue weighted by Gasteiger charge is -2.17. The molecule has 1 aliphatic heterocycles. The van der Waals surface area contributed by atoms with Gasteiger partial charge in [-0.2, -0.15) is 0 Å². The number of aliphatic hydroxyl groups excluding tert-OH is 2. The number of unbranched alkanes of at least 4 members (excludes halogenated alkanes) is 2. The number of aliphatic hydroxyl groups is 2. The smallest absolute Gasteiger partial charge is 0.157 e. The lowest BCUT2D eigenvalue weighted by molar-refractivity contribution is -0.118. The minimum atomic E-state index is -0.395. The summed E-state index contributed by atoms with van der Waals surface area (Å²) in [6, 6.07) is 0. The summed E-state index contributed by atoms with van der Waals surface area (Å²) in [7, 11) is 1.66. The molecule has 116 valence electrons. The van der Waals surface area contributed by atoms with E-state index in [1.54, 1.807) is 7.11 Å². The number of methoxy groups -OCH3 is 1. The third kappa shape index (κ3) is 3.82. The molecule has 0 radical (unpaired) electrons. The van der Waals surface area contributed by atoms with E-state index in [2.05, 4.69) is 6.92 Å². The number of fused-ring (bicyclic) bond motifs is 1. The van der Waals surface area contributed by atoms with Gasteiger partial charge < -0.3 is 19.7 Å². The van der Waals surface area contributed by atoms with Gasteiger partial charge in [0.15, 0.2) is 6.29 Å². The van der Waals surface area contributed by atoms with Crippen LogP contribution in [-0.2, 0) is 9.47 Å². The monoisotopic (exact) mass is 284 g/mol. The highest BCUT2D eigenvalue weighted by molar-refractivity contribution is 5.06. The van der Waals surface area contributed by atoms with Gasteiger partial charge in [0.1, 0.15) is 0 Å². The number of hydrogen-bond donors (Lipinski definition) is 2. The van der Waals surface area contributed by atoms with Crippen molar-refractivity contribution in [1.29, 1.82) is 0 Å². The molecular weight excluding hydrogens is 256 g/mol. The van der Waals surface area contributed by atoms with Crippen LogP contribution in [0.2, 0.25) is 0 Å². The fourth-order valence-corrected chi connectivity index (χ4v) is 3.42. The van der Waals surface area contributed by atoms with E-state index in [0.717, 1.165) is 32.1 Å². The molecule has 4 nitrogen and oxygen atoms in total. The van der Waals surface area contributed by atoms with E-state index in [1.165, 1.54) is 0 Å². The Kier molecular flexibility index (Phi) is 6.02. The first-order valence-electron chi connectivity index (χ1n) is 7.88. The maximum atomic E-state index is 10.1. The van der Waals surface area contributed by atoms with E-state index < -0.39 is 6.10 Å². The molecular formula is C16H28O4. The summed E-state index contributed by atoms with van der Waals surface area (Å²) >= 11 is 0. The Balaban J connectivity index is 1.84. The second kappa shape index (κ2) is 7.55. The summed E-state index contributed by atoms with van der Waals surface area (Å²) in [6.45, 7) is 2.16. The van der Waals surface area contributed by atoms with Crippen molar-refractivity contribution in [3.8, 4) is 0 Å². The lowest BCUT2D eigenvalue weighted by atomic mass is 9.91. The Morgan fingerprint density at radius 3 is 2.85 bits per heavy atom. The van der Waals surface area contributed by atoms with Crippen LogP contribution >= 0.6 is 0 Å². The molecule has 2 N–H and O–H groups in total. The fraction of sp³-hybridized carbons (Fsp3) is 0.875. The standard InChI is InChI=1S/C16H28O4/c1-3-4-5-6-11(17)7-8-12-13-9-16(19-2)20-15(13)10-14(12)18/h7-8,11-18H,3-6,9-10H2,1-2H3/b8-7+/t11-,12+,13+,14+,15-,16+/m0/s1. The largest absolute Gasteiger partial charge is 0.392 e. The molecule has 1 saturated carbocycles. The Hall–Kier alpha value is -0.420. The predicted molar refractivity (Wildman–Crippen MR) is 77.2 cm³/mol. The molecule has 0 unspecified atom stereocenters. The van der Waals surface area contributed by atoms with Crippen LogP contribution in [0.15, 0.2) is 12.2 Å². The zero-order chi connectivity index (χ0) is 14.5. The third-order valence-electron chi connectivity index (χ3n) is 4.60. The van der Waals surface area contributed by atoms with Crippen LogP contribution in [-0.4, -0.2) is 41.9 Å². The molecule has 0 aromatic rings. The first-order chi connectivity index (χ1) is 9.65. The molecule has 0 bridgehead atoms. The van der Waals surface area contributed by atoms with Crippen molar-refractivity contribution in [2.24, 2.45) is 11.8 Å². The van der Waals surface area contributed by atoms with Gasteiger partial charge in [-0.1, -0.05) is 38.3 Å². The van der Waals surface area contributed by atoms with Gasteiger partial charge in [-0.3, -0.25) is 0 Å². The molecule has 0 aromatic carbocycles. The average Bonchev–Trinajstić information content (AvgIpc) is 2.93. The highest BCUT2D eigenvalue weighted by atomic mass is 16.7. The predicted octanol–water partition coefficient (Wildman–Crippen LogP) is 2.24. The lowest BCUT2D eigenvalue weighted by Crippen LogP contribution is -2.19. The van der Waals surface area contributed by atoms with Gasteiger partial charge in [0.2, 0.25) is 0 Å². The third-order valence-corrected chi connectivity index (χ3v) is 4.60. The summed E-state index contributed by atoms with van der Waals surface area (Å²) in [4.78, 5) is 0. The topological polar surface area (TPSA) is 58.9 Å². The van der Waals surface area contributed by atoms with Gasteiger partial charge >= 0.3 is 0 Å². The summed E-state index contributed by atoms with van der Waals surface area (Å²) in [6.07, 6.45) is 8.74. The van der Waals surface area contributed by atoms with Crippen LogP contribution in [0.25, 0.3) is 0 Å². The Labute approximate surface area is 121 Å². The van der Waals surface area contributed by atoms with Crippen LogP contribution in [0, 0.1) is 11.8 Å². The molecule has 1 heterocycles. The molecule has 6 atom stereocenters. The van der Waals surface area contributed by atoms with Gasteiger partial charge in [-0.15, -0.1) is 0 Å². The van der Waals surface area contributed by atoms with E-state index in [4.69, 9.17) is 9.47 Å². The average molecular weight is 284 g/mol. The molecule has 4 heteroatoms. The molecule has 0 aromatic heterocycles. The molecule has 2 fully saturated rings. The van der Waals surface area contributed by atoms with Gasteiger partial charge in [-0.25, -0.2) is 0 Å². The van der Waals surface area contributed by atoms with E-state index in [9.17, 15) is 10.2 Å². The van der Waals surface area contributed by atoms with E-state index in [0.29, 0.717) is 12.3 Å². The maximum Gasteiger partial charge on any atom is 0.157 e. The van der Waals surface area contributed by atoms with E-state index in [1.807, 2.05) is 12.2 Å². The molecule has 0 spiro atoms. The molecule has 1 saturated heterocycles. The molecule has 2 rings (SSSR count). The second-order valence-corrected chi connectivity index (χ2v) is 6.07. The molecule has 2 aliphatic rings. The molecule has 0 amide bonds. The van der Waals surface area contributed by atoms with Crippen molar-refractivity contribution in [2.45, 2.75) is 70.1 Å². The quantitative estimate of drug-likeness (QED) is 0.556. The first-order valence-corrected chi connectivity index (χ1v) is 7.88. The van der Waals surface area contributed by atoms with Gasteiger partial charge in [0.25, 0.3) is 0 Å². The summed E-state index contributed by atoms with van der Waals surface area (Å²) < 4.78 is 11.0. The van der Waals surface area contributed by atoms with Crippen LogP contribution in [0.1, 0.15) is 45.4 Å². The maximum absolute atomic E-state index is 10.1. The zero-order valence-corrected chi connectivity index (χ0v) is 12.6. The van der Waals surface area contributed by atoms with E-state index >= 15 is 0 Å². The van der Waals surface area contributed by atoms with E-state index in [-0.39, 0.29) is 24.4 Å². The highest BCUT2D eigenvalue weighted by Gasteiger charge is 2.48. The molecule has 20 heavy (non-hydrogen) atoms. The Bertz CT molecular complexity index is 318. The van der Waals surface area contributed by atoms with Gasteiger partial charge in [-0.05, 0) is 12.3 Å². The fourth-order valence-electron chi connectivity index (χ4n) is 3.42. The van der Waals surface area contributed by atoms with Crippen molar-refractivity contribution >= 4 is 0 Å². The number of hydrogen-bond acceptors (Lipinski definition) is 4. The Morgan fingerprint density at radius 1 is 1.35 bits per heavy atom. The second-order valence-electron chi connectivity index (χ2n) is 6.07. The normalized spacial score (nSPS) is 38.5. The number of rotatable bonds is 7. The number of ether oxygens (including phenoxy) is 2. The van der Waals surface area contributed by atoms with Crippen LogP contribution in [0.5, 0.6) is 0 Å². The summed E-state index contributed by atoms with van der Waals surface area (Å²) in [5.41, 5.74) is 0. The van der Waals surface area contributed by atoms with Gasteiger partial charge in [0, 0.05) is 25.9 Å². The van der Waals surface area contributed by atoms with Crippen molar-refractivity contribution in [1.82, 2.24) is 0 Å². The minimum absolute atomic E-state index is 0.0842. The highest BCUT2D eigenvalue weighted by Crippen LogP contribution is 2.44. The van der Waals surface area contributed by atoms with Crippen molar-refractivity contribution in [2.75, 3.05) is 7.11 Å². The van der Waals surface area contributed by atoms with Crippen molar-refractivity contribution in [3.05, 3.63) is 12.2 Å². The van der Waals surface area contributed by atoms with Crippen LogP contribution < -0.4 is 0 Å².